The molecule has 110 valence electrons. The average molecular weight is 300 g/mol. The van der Waals surface area contributed by atoms with Crippen LogP contribution in [-0.4, -0.2) is 49.6 Å². The van der Waals surface area contributed by atoms with Crippen LogP contribution in [0.4, 0.5) is 0 Å². The van der Waals surface area contributed by atoms with Gasteiger partial charge in [-0.25, -0.2) is 13.2 Å². The van der Waals surface area contributed by atoms with Crippen molar-refractivity contribution in [2.24, 2.45) is 0 Å². The number of nitrogens with zero attached hydrogens (tertiary/aromatic N) is 1. The number of rotatable bonds is 6. The van der Waals surface area contributed by atoms with E-state index in [2.05, 4.69) is 5.32 Å². The quantitative estimate of drug-likeness (QED) is 0.763. The van der Waals surface area contributed by atoms with Crippen LogP contribution in [-0.2, 0) is 21.4 Å². The Morgan fingerprint density at radius 1 is 1.25 bits per heavy atom. The second kappa shape index (κ2) is 6.49. The third-order valence-corrected chi connectivity index (χ3v) is 3.88. The summed E-state index contributed by atoms with van der Waals surface area (Å²) in [6.45, 7) is -0.0532. The Balaban J connectivity index is 2.51. The smallest absolute Gasteiger partial charge is 0.335 e. The lowest BCUT2D eigenvalue weighted by Crippen LogP contribution is -2.37. The summed E-state index contributed by atoms with van der Waals surface area (Å²) in [4.78, 5) is 22.2. The van der Waals surface area contributed by atoms with Crippen molar-refractivity contribution in [1.29, 1.82) is 0 Å². The third kappa shape index (κ3) is 4.98. The average Bonchev–Trinajstić information content (AvgIpc) is 2.35. The van der Waals surface area contributed by atoms with Gasteiger partial charge in [0.1, 0.15) is 0 Å². The lowest BCUT2D eigenvalue weighted by atomic mass is 10.1. The zero-order chi connectivity index (χ0) is 15.3. The Kier molecular flexibility index (Phi) is 5.23. The Labute approximate surface area is 117 Å². The molecule has 1 amide bonds. The molecule has 8 heteroatoms. The number of hydrogen-bond donors (Lipinski definition) is 2. The van der Waals surface area contributed by atoms with E-state index in [9.17, 15) is 18.0 Å². The Bertz CT molecular complexity index is 595. The lowest BCUT2D eigenvalue weighted by Gasteiger charge is -2.13. The van der Waals surface area contributed by atoms with E-state index >= 15 is 0 Å². The maximum atomic E-state index is 11.5. The molecule has 0 aliphatic rings. The highest BCUT2D eigenvalue weighted by Gasteiger charge is 2.14. The highest BCUT2D eigenvalue weighted by atomic mass is 32.2. The van der Waals surface area contributed by atoms with Gasteiger partial charge in [0.2, 0.25) is 15.9 Å². The molecule has 20 heavy (non-hydrogen) atoms. The molecule has 0 heterocycles. The zero-order valence-electron chi connectivity index (χ0n) is 11.2. The Morgan fingerprint density at radius 2 is 1.80 bits per heavy atom. The molecule has 0 atom stereocenters. The molecule has 0 aliphatic carbocycles. The maximum Gasteiger partial charge on any atom is 0.335 e. The van der Waals surface area contributed by atoms with Crippen molar-refractivity contribution in [3.8, 4) is 0 Å². The van der Waals surface area contributed by atoms with E-state index in [1.54, 1.807) is 12.1 Å². The first-order chi connectivity index (χ1) is 9.20. The molecular formula is C12H16N2O5S. The molecule has 1 rings (SSSR count). The van der Waals surface area contributed by atoms with Crippen LogP contribution in [0.2, 0.25) is 0 Å². The van der Waals surface area contributed by atoms with Crippen LogP contribution < -0.4 is 5.32 Å². The van der Waals surface area contributed by atoms with Crippen molar-refractivity contribution < 1.29 is 23.1 Å². The van der Waals surface area contributed by atoms with E-state index in [1.807, 2.05) is 0 Å². The van der Waals surface area contributed by atoms with E-state index in [1.165, 1.54) is 19.2 Å². The predicted molar refractivity (Wildman–Crippen MR) is 72.7 cm³/mol. The van der Waals surface area contributed by atoms with Gasteiger partial charge < -0.3 is 10.4 Å². The fourth-order valence-corrected chi connectivity index (χ4v) is 1.69. The molecule has 0 unspecified atom stereocenters. The van der Waals surface area contributed by atoms with E-state index in [0.29, 0.717) is 0 Å². The molecule has 0 saturated heterocycles. The first-order valence-corrected chi connectivity index (χ1v) is 7.55. The van der Waals surface area contributed by atoms with Gasteiger partial charge in [-0.2, -0.15) is 4.31 Å². The number of carbonyl (C=O) groups is 2. The third-order valence-electron chi connectivity index (χ3n) is 2.62. The molecular weight excluding hydrogens is 284 g/mol. The van der Waals surface area contributed by atoms with Gasteiger partial charge in [-0.15, -0.1) is 0 Å². The van der Waals surface area contributed by atoms with E-state index < -0.39 is 21.9 Å². The predicted octanol–water partition coefficient (Wildman–Crippen LogP) is -0.108. The summed E-state index contributed by atoms with van der Waals surface area (Å²) in [6, 6.07) is 6.05. The molecule has 0 fully saturated rings. The summed E-state index contributed by atoms with van der Waals surface area (Å²) in [5.41, 5.74) is 0.891. The number of aromatic carboxylic acids is 1. The summed E-state index contributed by atoms with van der Waals surface area (Å²) in [5, 5.41) is 11.3. The SMILES string of the molecule is CN(CC(=O)NCc1ccc(C(=O)O)cc1)S(C)(=O)=O. The minimum absolute atomic E-state index is 0.164. The van der Waals surface area contributed by atoms with Gasteiger partial charge in [0.25, 0.3) is 0 Å². The van der Waals surface area contributed by atoms with Crippen LogP contribution in [0.1, 0.15) is 15.9 Å². The van der Waals surface area contributed by atoms with Crippen LogP contribution >= 0.6 is 0 Å². The van der Waals surface area contributed by atoms with Gasteiger partial charge in [0.05, 0.1) is 18.4 Å². The topological polar surface area (TPSA) is 104 Å². The summed E-state index contributed by atoms with van der Waals surface area (Å²) in [7, 11) is -2.07. The highest BCUT2D eigenvalue weighted by molar-refractivity contribution is 7.88. The number of benzene rings is 1. The van der Waals surface area contributed by atoms with Gasteiger partial charge in [-0.1, -0.05) is 12.1 Å². The molecule has 1 aromatic rings. The standard InChI is InChI=1S/C12H16N2O5S/c1-14(20(2,18)19)8-11(15)13-7-9-3-5-10(6-4-9)12(16)17/h3-6H,7-8H2,1-2H3,(H,13,15)(H,16,17). The van der Waals surface area contributed by atoms with Gasteiger partial charge in [-0.3, -0.25) is 4.79 Å². The minimum Gasteiger partial charge on any atom is -0.478 e. The number of nitrogens with one attached hydrogen (secondary N) is 1. The first kappa shape index (κ1) is 16.1. The number of amides is 1. The summed E-state index contributed by atoms with van der Waals surface area (Å²) in [5.74, 6) is -1.45. The highest BCUT2D eigenvalue weighted by Crippen LogP contribution is 2.04. The molecule has 0 aliphatic heterocycles. The molecule has 0 saturated carbocycles. The fourth-order valence-electron chi connectivity index (χ4n) is 1.34. The van der Waals surface area contributed by atoms with Crippen LogP contribution in [0.5, 0.6) is 0 Å². The van der Waals surface area contributed by atoms with Crippen molar-refractivity contribution >= 4 is 21.9 Å². The number of carboxylic acids is 1. The molecule has 0 aromatic heterocycles. The number of hydrogen-bond acceptors (Lipinski definition) is 4. The monoisotopic (exact) mass is 300 g/mol. The van der Waals surface area contributed by atoms with Crippen molar-refractivity contribution in [3.63, 3.8) is 0 Å². The molecule has 7 nitrogen and oxygen atoms in total. The maximum absolute atomic E-state index is 11.5. The van der Waals surface area contributed by atoms with E-state index in [4.69, 9.17) is 5.11 Å². The lowest BCUT2D eigenvalue weighted by molar-refractivity contribution is -0.121. The Hall–Kier alpha value is -1.93. The molecule has 0 bridgehead atoms. The molecule has 0 radical (unpaired) electrons. The van der Waals surface area contributed by atoms with Gasteiger partial charge in [0.15, 0.2) is 0 Å². The fraction of sp³-hybridized carbons (Fsp3) is 0.333. The summed E-state index contributed by atoms with van der Waals surface area (Å²) >= 11 is 0. The zero-order valence-corrected chi connectivity index (χ0v) is 12.0. The van der Waals surface area contributed by atoms with Crippen LogP contribution in [0.3, 0.4) is 0 Å². The number of sulfonamides is 1. The van der Waals surface area contributed by atoms with Crippen LogP contribution in [0, 0.1) is 0 Å². The van der Waals surface area contributed by atoms with Crippen LogP contribution in [0.15, 0.2) is 24.3 Å². The van der Waals surface area contributed by atoms with Gasteiger partial charge >= 0.3 is 5.97 Å². The number of carboxylic acid groups (broad SMARTS) is 1. The molecule has 1 aromatic carbocycles. The van der Waals surface area contributed by atoms with Crippen molar-refractivity contribution in [2.75, 3.05) is 19.8 Å². The molecule has 2 N–H and O–H groups in total. The number of likely N-dealkylation sites (N-methyl/N-ethyl adjacent to an activating group) is 1. The first-order valence-electron chi connectivity index (χ1n) is 5.70. The van der Waals surface area contributed by atoms with Gasteiger partial charge in [0, 0.05) is 13.6 Å². The summed E-state index contributed by atoms with van der Waals surface area (Å²) in [6.07, 6.45) is 1.02. The van der Waals surface area contributed by atoms with Crippen molar-refractivity contribution in [1.82, 2.24) is 9.62 Å². The van der Waals surface area contributed by atoms with E-state index in [-0.39, 0.29) is 18.7 Å². The van der Waals surface area contributed by atoms with Crippen molar-refractivity contribution in [3.05, 3.63) is 35.4 Å². The normalized spacial score (nSPS) is 11.3. The molecule has 0 spiro atoms. The number of carbonyl (C=O) groups excluding carboxylic acids is 1. The second-order valence-corrected chi connectivity index (χ2v) is 6.39. The van der Waals surface area contributed by atoms with E-state index in [0.717, 1.165) is 16.1 Å². The Morgan fingerprint density at radius 3 is 2.25 bits per heavy atom. The summed E-state index contributed by atoms with van der Waals surface area (Å²) < 4.78 is 23.2. The minimum atomic E-state index is -3.39. The van der Waals surface area contributed by atoms with Crippen LogP contribution in [0.25, 0.3) is 0 Å². The van der Waals surface area contributed by atoms with Crippen molar-refractivity contribution in [2.45, 2.75) is 6.54 Å². The largest absolute Gasteiger partial charge is 0.478 e. The second-order valence-electron chi connectivity index (χ2n) is 4.30. The van der Waals surface area contributed by atoms with Gasteiger partial charge in [-0.05, 0) is 17.7 Å².